The van der Waals surface area contributed by atoms with Crippen LogP contribution in [0, 0.1) is 6.92 Å². The summed E-state index contributed by atoms with van der Waals surface area (Å²) < 4.78 is 38.6. The molecule has 142 valence electrons. The molecule has 1 aromatic heterocycles. The molecule has 8 nitrogen and oxygen atoms in total. The van der Waals surface area contributed by atoms with Crippen molar-refractivity contribution in [2.75, 3.05) is 33.4 Å². The maximum Gasteiger partial charge on any atom is 0.247 e. The summed E-state index contributed by atoms with van der Waals surface area (Å²) >= 11 is 0. The summed E-state index contributed by atoms with van der Waals surface area (Å²) in [6, 6.07) is 10.9. The van der Waals surface area contributed by atoms with Crippen molar-refractivity contribution in [2.45, 2.75) is 11.8 Å². The van der Waals surface area contributed by atoms with Crippen molar-refractivity contribution >= 4 is 21.1 Å². The van der Waals surface area contributed by atoms with Gasteiger partial charge in [-0.25, -0.2) is 8.42 Å². The van der Waals surface area contributed by atoms with E-state index in [0.29, 0.717) is 32.0 Å². The molecule has 0 radical (unpaired) electrons. The fourth-order valence-corrected chi connectivity index (χ4v) is 4.83. The summed E-state index contributed by atoms with van der Waals surface area (Å²) in [5.74, 6) is 0.229. The Kier molecular flexibility index (Phi) is 4.58. The highest BCUT2D eigenvalue weighted by atomic mass is 32.2. The molecule has 0 atom stereocenters. The van der Waals surface area contributed by atoms with Crippen LogP contribution in [0.15, 0.2) is 41.3 Å². The predicted octanol–water partition coefficient (Wildman–Crippen LogP) is 1.76. The van der Waals surface area contributed by atoms with Crippen LogP contribution in [0.4, 0.5) is 0 Å². The summed E-state index contributed by atoms with van der Waals surface area (Å²) in [5.41, 5.74) is 2.71. The number of benzene rings is 2. The Morgan fingerprint density at radius 2 is 1.70 bits per heavy atom. The molecule has 27 heavy (non-hydrogen) atoms. The normalized spacial score (nSPS) is 15.9. The monoisotopic (exact) mass is 388 g/mol. The molecular formula is C18H20N4O4S. The molecule has 4 rings (SSSR count). The maximum absolute atomic E-state index is 13.2. The molecule has 2 heterocycles. The second-order valence-electron chi connectivity index (χ2n) is 6.31. The Hall–Kier alpha value is -2.49. The number of sulfonamides is 1. The lowest BCUT2D eigenvalue weighted by Gasteiger charge is -2.27. The SMILES string of the molecule is COc1c(-n2nc3ccccc3n2)cc(C)cc1S(=O)(=O)N1CCOCC1. The fraction of sp³-hybridized carbons (Fsp3) is 0.333. The largest absolute Gasteiger partial charge is 0.493 e. The van der Waals surface area contributed by atoms with Gasteiger partial charge < -0.3 is 9.47 Å². The van der Waals surface area contributed by atoms with E-state index in [4.69, 9.17) is 9.47 Å². The van der Waals surface area contributed by atoms with Crippen LogP contribution in [0.1, 0.15) is 5.56 Å². The highest BCUT2D eigenvalue weighted by Gasteiger charge is 2.31. The lowest BCUT2D eigenvalue weighted by atomic mass is 10.2. The quantitative estimate of drug-likeness (QED) is 0.677. The molecular weight excluding hydrogens is 368 g/mol. The lowest BCUT2D eigenvalue weighted by Crippen LogP contribution is -2.40. The van der Waals surface area contributed by atoms with Gasteiger partial charge in [-0.2, -0.15) is 4.31 Å². The molecule has 0 spiro atoms. The lowest BCUT2D eigenvalue weighted by molar-refractivity contribution is 0.0729. The first kappa shape index (κ1) is 17.9. The summed E-state index contributed by atoms with van der Waals surface area (Å²) in [7, 11) is -2.27. The molecule has 0 bridgehead atoms. The molecule has 0 amide bonds. The second-order valence-corrected chi connectivity index (χ2v) is 8.22. The zero-order valence-electron chi connectivity index (χ0n) is 15.1. The van der Waals surface area contributed by atoms with Crippen LogP contribution in [-0.2, 0) is 14.8 Å². The van der Waals surface area contributed by atoms with Gasteiger partial charge in [-0.05, 0) is 36.8 Å². The van der Waals surface area contributed by atoms with E-state index in [0.717, 1.165) is 16.6 Å². The molecule has 9 heteroatoms. The summed E-state index contributed by atoms with van der Waals surface area (Å²) in [4.78, 5) is 1.54. The zero-order valence-corrected chi connectivity index (χ0v) is 15.9. The highest BCUT2D eigenvalue weighted by molar-refractivity contribution is 7.89. The number of nitrogens with zero attached hydrogens (tertiary/aromatic N) is 4. The van der Waals surface area contributed by atoms with Crippen molar-refractivity contribution in [2.24, 2.45) is 0 Å². The second kappa shape index (κ2) is 6.91. The third kappa shape index (κ3) is 3.18. The van der Waals surface area contributed by atoms with E-state index < -0.39 is 10.0 Å². The minimum atomic E-state index is -3.73. The number of morpholine rings is 1. The smallest absolute Gasteiger partial charge is 0.247 e. The van der Waals surface area contributed by atoms with E-state index in [1.165, 1.54) is 16.2 Å². The maximum atomic E-state index is 13.2. The van der Waals surface area contributed by atoms with Crippen LogP contribution < -0.4 is 4.74 Å². The average Bonchev–Trinajstić information content (AvgIpc) is 3.12. The minimum absolute atomic E-state index is 0.114. The number of hydrogen-bond donors (Lipinski definition) is 0. The first-order valence-electron chi connectivity index (χ1n) is 8.60. The van der Waals surface area contributed by atoms with Gasteiger partial charge in [0.1, 0.15) is 21.6 Å². The van der Waals surface area contributed by atoms with E-state index in [1.54, 1.807) is 6.07 Å². The number of fused-ring (bicyclic) bond motifs is 1. The molecule has 0 aliphatic carbocycles. The molecule has 1 aliphatic rings. The zero-order chi connectivity index (χ0) is 19.0. The van der Waals surface area contributed by atoms with Gasteiger partial charge in [-0.3, -0.25) is 0 Å². The van der Waals surface area contributed by atoms with Crippen LogP contribution in [0.2, 0.25) is 0 Å². The van der Waals surface area contributed by atoms with Gasteiger partial charge in [0.15, 0.2) is 5.75 Å². The number of aromatic nitrogens is 3. The van der Waals surface area contributed by atoms with Gasteiger partial charge in [-0.15, -0.1) is 15.0 Å². The number of aryl methyl sites for hydroxylation is 1. The van der Waals surface area contributed by atoms with Gasteiger partial charge in [-0.1, -0.05) is 12.1 Å². The molecule has 1 fully saturated rings. The first-order chi connectivity index (χ1) is 13.0. The summed E-state index contributed by atoms with van der Waals surface area (Å²) in [5, 5.41) is 8.93. The third-order valence-corrected chi connectivity index (χ3v) is 6.38. The van der Waals surface area contributed by atoms with E-state index in [-0.39, 0.29) is 10.6 Å². The van der Waals surface area contributed by atoms with Crippen LogP contribution in [-0.4, -0.2) is 61.1 Å². The van der Waals surface area contributed by atoms with Crippen molar-refractivity contribution in [3.05, 3.63) is 42.0 Å². The topological polar surface area (TPSA) is 86.5 Å². The van der Waals surface area contributed by atoms with E-state index >= 15 is 0 Å². The Morgan fingerprint density at radius 3 is 2.30 bits per heavy atom. The predicted molar refractivity (Wildman–Crippen MR) is 99.7 cm³/mol. The van der Waals surface area contributed by atoms with Crippen molar-refractivity contribution < 1.29 is 17.9 Å². The number of rotatable bonds is 4. The van der Waals surface area contributed by atoms with E-state index in [2.05, 4.69) is 10.2 Å². The number of ether oxygens (including phenoxy) is 2. The average molecular weight is 388 g/mol. The van der Waals surface area contributed by atoms with Gasteiger partial charge in [0.05, 0.1) is 20.3 Å². The van der Waals surface area contributed by atoms with Crippen LogP contribution in [0.3, 0.4) is 0 Å². The Morgan fingerprint density at radius 1 is 1.07 bits per heavy atom. The molecule has 1 aliphatic heterocycles. The van der Waals surface area contributed by atoms with Gasteiger partial charge >= 0.3 is 0 Å². The van der Waals surface area contributed by atoms with Crippen molar-refractivity contribution in [3.8, 4) is 11.4 Å². The number of methoxy groups -OCH3 is 1. The van der Waals surface area contributed by atoms with Crippen LogP contribution >= 0.6 is 0 Å². The standard InChI is InChI=1S/C18H20N4O4S/c1-13-11-16(22-19-14-5-3-4-6-15(14)20-22)18(25-2)17(12-13)27(23,24)21-7-9-26-10-8-21/h3-6,11-12H,7-10H2,1-2H3. The molecule has 2 aromatic carbocycles. The fourth-order valence-electron chi connectivity index (χ4n) is 3.16. The molecule has 3 aromatic rings. The van der Waals surface area contributed by atoms with E-state index in [1.807, 2.05) is 37.3 Å². The van der Waals surface area contributed by atoms with Crippen molar-refractivity contribution in [1.82, 2.24) is 19.3 Å². The van der Waals surface area contributed by atoms with Crippen molar-refractivity contribution in [1.29, 1.82) is 0 Å². The molecule has 0 saturated carbocycles. The molecule has 0 unspecified atom stereocenters. The Bertz CT molecular complexity index is 1050. The first-order valence-corrected chi connectivity index (χ1v) is 10.0. The van der Waals surface area contributed by atoms with Crippen LogP contribution in [0.5, 0.6) is 5.75 Å². The molecule has 0 N–H and O–H groups in total. The number of hydrogen-bond acceptors (Lipinski definition) is 6. The summed E-state index contributed by atoms with van der Waals surface area (Å²) in [6.45, 7) is 3.24. The van der Waals surface area contributed by atoms with Crippen molar-refractivity contribution in [3.63, 3.8) is 0 Å². The minimum Gasteiger partial charge on any atom is -0.493 e. The Labute approximate surface area is 157 Å². The molecule has 1 saturated heterocycles. The Balaban J connectivity index is 1.89. The van der Waals surface area contributed by atoms with Gasteiger partial charge in [0, 0.05) is 13.1 Å². The van der Waals surface area contributed by atoms with Crippen LogP contribution in [0.25, 0.3) is 16.7 Å². The third-order valence-electron chi connectivity index (χ3n) is 4.47. The van der Waals surface area contributed by atoms with Gasteiger partial charge in [0.2, 0.25) is 10.0 Å². The highest BCUT2D eigenvalue weighted by Crippen LogP contribution is 2.34. The van der Waals surface area contributed by atoms with E-state index in [9.17, 15) is 8.42 Å². The van der Waals surface area contributed by atoms with Gasteiger partial charge in [0.25, 0.3) is 0 Å². The summed E-state index contributed by atoms with van der Waals surface area (Å²) in [6.07, 6.45) is 0.